The van der Waals surface area contributed by atoms with Crippen LogP contribution in [0, 0.1) is 5.82 Å². The normalized spacial score (nSPS) is 17.6. The molecule has 1 atom stereocenters. The Hall–Kier alpha value is -1.61. The summed E-state index contributed by atoms with van der Waals surface area (Å²) >= 11 is 5.70. The van der Waals surface area contributed by atoms with Crippen molar-refractivity contribution >= 4 is 11.6 Å². The molecule has 3 rings (SSSR count). The standard InChI is InChI=1S/C16H15ClFNO/c17-10-12-8-9-19-16(15(12)18)20-14-7-3-5-11-4-1-2-6-13(11)14/h1-2,4,6,8-9,14H,3,5,7,10H2. The van der Waals surface area contributed by atoms with Crippen molar-refractivity contribution in [1.82, 2.24) is 4.98 Å². The number of hydrogen-bond acceptors (Lipinski definition) is 2. The minimum atomic E-state index is -0.453. The number of alkyl halides is 1. The molecular formula is C16H15ClFNO. The van der Waals surface area contributed by atoms with Gasteiger partial charge in [-0.3, -0.25) is 0 Å². The number of aryl methyl sites for hydroxylation is 1. The largest absolute Gasteiger partial charge is 0.467 e. The van der Waals surface area contributed by atoms with Crippen LogP contribution in [0.2, 0.25) is 0 Å². The average molecular weight is 292 g/mol. The molecule has 1 unspecified atom stereocenters. The van der Waals surface area contributed by atoms with Crippen molar-refractivity contribution < 1.29 is 9.13 Å². The van der Waals surface area contributed by atoms with Crippen LogP contribution >= 0.6 is 11.6 Å². The van der Waals surface area contributed by atoms with E-state index in [9.17, 15) is 4.39 Å². The van der Waals surface area contributed by atoms with Crippen LogP contribution in [0.3, 0.4) is 0 Å². The molecule has 1 aromatic heterocycles. The fourth-order valence-corrected chi connectivity index (χ4v) is 2.82. The van der Waals surface area contributed by atoms with E-state index < -0.39 is 5.82 Å². The number of nitrogens with zero attached hydrogens (tertiary/aromatic N) is 1. The quantitative estimate of drug-likeness (QED) is 0.781. The Labute approximate surface area is 122 Å². The molecule has 1 heterocycles. The van der Waals surface area contributed by atoms with Crippen LogP contribution in [0.5, 0.6) is 5.88 Å². The van der Waals surface area contributed by atoms with Crippen LogP contribution in [0.25, 0.3) is 0 Å². The lowest BCUT2D eigenvalue weighted by Crippen LogP contribution is -2.16. The molecule has 1 aliphatic carbocycles. The van der Waals surface area contributed by atoms with Gasteiger partial charge in [0.15, 0.2) is 5.82 Å². The molecule has 2 aromatic rings. The molecule has 0 spiro atoms. The summed E-state index contributed by atoms with van der Waals surface area (Å²) in [6, 6.07) is 9.73. The molecule has 0 bridgehead atoms. The van der Waals surface area contributed by atoms with E-state index in [2.05, 4.69) is 11.1 Å². The average Bonchev–Trinajstić information content (AvgIpc) is 2.50. The van der Waals surface area contributed by atoms with Crippen LogP contribution in [-0.2, 0) is 12.3 Å². The first kappa shape index (κ1) is 13.4. The summed E-state index contributed by atoms with van der Waals surface area (Å²) in [6.45, 7) is 0. The molecule has 104 valence electrons. The van der Waals surface area contributed by atoms with Gasteiger partial charge < -0.3 is 4.74 Å². The van der Waals surface area contributed by atoms with E-state index >= 15 is 0 Å². The van der Waals surface area contributed by atoms with Gasteiger partial charge in [0.05, 0.1) is 5.88 Å². The third kappa shape index (κ3) is 2.50. The second-order valence-electron chi connectivity index (χ2n) is 4.92. The Morgan fingerprint density at radius 3 is 3.00 bits per heavy atom. The maximum absolute atomic E-state index is 14.1. The number of hydrogen-bond donors (Lipinski definition) is 0. The molecule has 1 aliphatic rings. The lowest BCUT2D eigenvalue weighted by Gasteiger charge is -2.26. The van der Waals surface area contributed by atoms with E-state index in [1.165, 1.54) is 11.8 Å². The van der Waals surface area contributed by atoms with Gasteiger partial charge in [-0.2, -0.15) is 0 Å². The van der Waals surface area contributed by atoms with E-state index in [1.807, 2.05) is 18.2 Å². The molecule has 0 radical (unpaired) electrons. The highest BCUT2D eigenvalue weighted by atomic mass is 35.5. The zero-order chi connectivity index (χ0) is 13.9. The Bertz CT molecular complexity index is 617. The number of pyridine rings is 1. The molecule has 0 aliphatic heterocycles. The SMILES string of the molecule is Fc1c(CCl)ccnc1OC1CCCc2ccccc21. The summed E-state index contributed by atoms with van der Waals surface area (Å²) in [5.41, 5.74) is 2.83. The first-order valence-corrected chi connectivity index (χ1v) is 7.27. The van der Waals surface area contributed by atoms with Crippen LogP contribution in [-0.4, -0.2) is 4.98 Å². The molecule has 0 N–H and O–H groups in total. The maximum atomic E-state index is 14.1. The Kier molecular flexibility index (Phi) is 3.88. The Morgan fingerprint density at radius 2 is 2.15 bits per heavy atom. The van der Waals surface area contributed by atoms with E-state index in [4.69, 9.17) is 16.3 Å². The minimum absolute atomic E-state index is 0.0462. The number of ether oxygens (including phenoxy) is 1. The van der Waals surface area contributed by atoms with Gasteiger partial charge >= 0.3 is 0 Å². The Morgan fingerprint density at radius 1 is 1.30 bits per heavy atom. The molecule has 0 amide bonds. The van der Waals surface area contributed by atoms with Crippen molar-refractivity contribution in [3.8, 4) is 5.88 Å². The molecule has 20 heavy (non-hydrogen) atoms. The third-order valence-corrected chi connectivity index (χ3v) is 3.94. The zero-order valence-electron chi connectivity index (χ0n) is 11.0. The summed E-state index contributed by atoms with van der Waals surface area (Å²) in [7, 11) is 0. The van der Waals surface area contributed by atoms with Crippen molar-refractivity contribution in [1.29, 1.82) is 0 Å². The number of benzene rings is 1. The van der Waals surface area contributed by atoms with Crippen LogP contribution in [0.15, 0.2) is 36.5 Å². The first-order chi connectivity index (χ1) is 9.79. The van der Waals surface area contributed by atoms with Gasteiger partial charge in [0.1, 0.15) is 6.10 Å². The summed E-state index contributed by atoms with van der Waals surface area (Å²) in [6.07, 6.45) is 4.37. The fourth-order valence-electron chi connectivity index (χ4n) is 2.61. The van der Waals surface area contributed by atoms with E-state index in [0.29, 0.717) is 5.56 Å². The highest BCUT2D eigenvalue weighted by Crippen LogP contribution is 2.34. The van der Waals surface area contributed by atoms with Gasteiger partial charge in [-0.1, -0.05) is 24.3 Å². The van der Waals surface area contributed by atoms with Crippen molar-refractivity contribution in [3.63, 3.8) is 0 Å². The van der Waals surface area contributed by atoms with Crippen molar-refractivity contribution in [3.05, 3.63) is 59.0 Å². The Balaban J connectivity index is 1.90. The van der Waals surface area contributed by atoms with Gasteiger partial charge in [-0.15, -0.1) is 11.6 Å². The van der Waals surface area contributed by atoms with E-state index in [-0.39, 0.29) is 17.9 Å². The zero-order valence-corrected chi connectivity index (χ0v) is 11.7. The number of fused-ring (bicyclic) bond motifs is 1. The van der Waals surface area contributed by atoms with E-state index in [1.54, 1.807) is 6.07 Å². The van der Waals surface area contributed by atoms with E-state index in [0.717, 1.165) is 24.8 Å². The first-order valence-electron chi connectivity index (χ1n) is 6.73. The molecule has 2 nitrogen and oxygen atoms in total. The van der Waals surface area contributed by atoms with Crippen LogP contribution in [0.1, 0.15) is 35.6 Å². The van der Waals surface area contributed by atoms with Gasteiger partial charge in [-0.05, 0) is 36.5 Å². The summed E-state index contributed by atoms with van der Waals surface area (Å²) < 4.78 is 19.9. The molecular weight excluding hydrogens is 277 g/mol. The molecule has 0 saturated carbocycles. The molecule has 0 fully saturated rings. The van der Waals surface area contributed by atoms with Crippen LogP contribution < -0.4 is 4.74 Å². The second-order valence-corrected chi connectivity index (χ2v) is 5.19. The predicted octanol–water partition coefficient (Wildman–Crippen LogP) is 4.42. The molecule has 0 saturated heterocycles. The minimum Gasteiger partial charge on any atom is -0.467 e. The smallest absolute Gasteiger partial charge is 0.251 e. The number of halogens is 2. The number of aromatic nitrogens is 1. The van der Waals surface area contributed by atoms with Crippen molar-refractivity contribution in [2.75, 3.05) is 0 Å². The molecule has 4 heteroatoms. The monoisotopic (exact) mass is 291 g/mol. The lowest BCUT2D eigenvalue weighted by atomic mass is 9.89. The van der Waals surface area contributed by atoms with Crippen molar-refractivity contribution in [2.24, 2.45) is 0 Å². The summed E-state index contributed by atoms with van der Waals surface area (Å²) in [4.78, 5) is 4.00. The summed E-state index contributed by atoms with van der Waals surface area (Å²) in [5, 5.41) is 0. The summed E-state index contributed by atoms with van der Waals surface area (Å²) in [5.74, 6) is -0.290. The number of rotatable bonds is 3. The lowest BCUT2D eigenvalue weighted by molar-refractivity contribution is 0.167. The van der Waals surface area contributed by atoms with Gasteiger partial charge in [-0.25, -0.2) is 9.37 Å². The van der Waals surface area contributed by atoms with Crippen LogP contribution in [0.4, 0.5) is 4.39 Å². The highest BCUT2D eigenvalue weighted by molar-refractivity contribution is 6.17. The highest BCUT2D eigenvalue weighted by Gasteiger charge is 2.23. The van der Waals surface area contributed by atoms with Gasteiger partial charge in [0.2, 0.25) is 0 Å². The van der Waals surface area contributed by atoms with Gasteiger partial charge in [0.25, 0.3) is 5.88 Å². The maximum Gasteiger partial charge on any atom is 0.251 e. The topological polar surface area (TPSA) is 22.1 Å². The third-order valence-electron chi connectivity index (χ3n) is 3.65. The fraction of sp³-hybridized carbons (Fsp3) is 0.312. The van der Waals surface area contributed by atoms with Gasteiger partial charge in [0, 0.05) is 11.8 Å². The molecule has 1 aromatic carbocycles. The van der Waals surface area contributed by atoms with Crippen molar-refractivity contribution in [2.45, 2.75) is 31.2 Å². The predicted molar refractivity (Wildman–Crippen MR) is 76.5 cm³/mol. The second kappa shape index (κ2) is 5.80.